The van der Waals surface area contributed by atoms with Gasteiger partial charge in [0.1, 0.15) is 5.82 Å². The lowest BCUT2D eigenvalue weighted by Gasteiger charge is -2.24. The monoisotopic (exact) mass is 287 g/mol. The molecule has 21 heavy (non-hydrogen) atoms. The molecule has 0 radical (unpaired) electrons. The second kappa shape index (κ2) is 6.39. The summed E-state index contributed by atoms with van der Waals surface area (Å²) in [6.45, 7) is 3.87. The quantitative estimate of drug-likeness (QED) is 0.913. The van der Waals surface area contributed by atoms with Crippen molar-refractivity contribution < 1.29 is 4.39 Å². The molecule has 0 fully saturated rings. The van der Waals surface area contributed by atoms with E-state index in [4.69, 9.17) is 0 Å². The normalized spacial score (nSPS) is 17.7. The van der Waals surface area contributed by atoms with Crippen LogP contribution in [0.5, 0.6) is 0 Å². The van der Waals surface area contributed by atoms with Gasteiger partial charge in [-0.25, -0.2) is 4.39 Å². The molecule has 1 heterocycles. The van der Waals surface area contributed by atoms with E-state index in [1.54, 1.807) is 12.1 Å². The van der Waals surface area contributed by atoms with Crippen molar-refractivity contribution >= 4 is 0 Å². The number of aromatic nitrogens is 2. The lowest BCUT2D eigenvalue weighted by molar-refractivity contribution is 0.450. The first-order valence-corrected chi connectivity index (χ1v) is 7.80. The van der Waals surface area contributed by atoms with Crippen molar-refractivity contribution in [2.45, 2.75) is 45.2 Å². The highest BCUT2D eigenvalue weighted by Crippen LogP contribution is 2.29. The molecule has 1 aliphatic carbocycles. The molecule has 1 aromatic heterocycles. The van der Waals surface area contributed by atoms with Crippen LogP contribution in [0.3, 0.4) is 0 Å². The molecule has 1 N–H and O–H groups in total. The molecule has 0 amide bonds. The van der Waals surface area contributed by atoms with Gasteiger partial charge in [-0.3, -0.25) is 4.68 Å². The van der Waals surface area contributed by atoms with E-state index in [1.807, 2.05) is 16.9 Å². The van der Waals surface area contributed by atoms with Crippen molar-refractivity contribution in [3.8, 4) is 0 Å². The molecule has 1 unspecified atom stereocenters. The average Bonchev–Trinajstić information content (AvgIpc) is 2.89. The van der Waals surface area contributed by atoms with Gasteiger partial charge < -0.3 is 5.32 Å². The molecule has 0 spiro atoms. The Kier molecular flexibility index (Phi) is 4.34. The van der Waals surface area contributed by atoms with Crippen LogP contribution in [-0.2, 0) is 13.0 Å². The number of halogens is 1. The van der Waals surface area contributed by atoms with E-state index in [2.05, 4.69) is 17.3 Å². The minimum absolute atomic E-state index is 0.184. The van der Waals surface area contributed by atoms with Crippen molar-refractivity contribution in [2.75, 3.05) is 6.54 Å². The highest BCUT2D eigenvalue weighted by molar-refractivity contribution is 5.26. The summed E-state index contributed by atoms with van der Waals surface area (Å²) >= 11 is 0. The zero-order chi connectivity index (χ0) is 14.7. The standard InChI is InChI=1S/C17H22FN3/c1-2-9-19-16-7-4-8-17-15(16)11-20-21(17)12-13-5-3-6-14(18)10-13/h3,5-6,10-11,16,19H,2,4,7-9,12H2,1H3. The zero-order valence-electron chi connectivity index (χ0n) is 12.5. The highest BCUT2D eigenvalue weighted by Gasteiger charge is 2.23. The maximum Gasteiger partial charge on any atom is 0.123 e. The van der Waals surface area contributed by atoms with E-state index < -0.39 is 0 Å². The van der Waals surface area contributed by atoms with Gasteiger partial charge in [-0.2, -0.15) is 5.10 Å². The number of rotatable bonds is 5. The Hall–Kier alpha value is -1.68. The fraction of sp³-hybridized carbons (Fsp3) is 0.471. The van der Waals surface area contributed by atoms with Crippen molar-refractivity contribution in [2.24, 2.45) is 0 Å². The second-order valence-electron chi connectivity index (χ2n) is 5.73. The van der Waals surface area contributed by atoms with E-state index in [1.165, 1.54) is 30.2 Å². The minimum Gasteiger partial charge on any atom is -0.310 e. The Bertz CT molecular complexity index is 606. The van der Waals surface area contributed by atoms with E-state index in [0.717, 1.165) is 24.9 Å². The third kappa shape index (κ3) is 3.16. The highest BCUT2D eigenvalue weighted by atomic mass is 19.1. The predicted octanol–water partition coefficient (Wildman–Crippen LogP) is 3.45. The smallest absolute Gasteiger partial charge is 0.123 e. The number of hydrogen-bond acceptors (Lipinski definition) is 2. The van der Waals surface area contributed by atoms with Crippen LogP contribution in [0, 0.1) is 5.82 Å². The molecule has 112 valence electrons. The summed E-state index contributed by atoms with van der Waals surface area (Å²) < 4.78 is 15.3. The average molecular weight is 287 g/mol. The molecular formula is C17H22FN3. The molecule has 0 bridgehead atoms. The lowest BCUT2D eigenvalue weighted by Crippen LogP contribution is -2.26. The SMILES string of the molecule is CCCNC1CCCc2c1cnn2Cc1cccc(F)c1. The summed E-state index contributed by atoms with van der Waals surface area (Å²) in [5, 5.41) is 8.14. The Morgan fingerprint density at radius 3 is 3.14 bits per heavy atom. The maximum absolute atomic E-state index is 13.3. The molecule has 0 saturated heterocycles. The van der Waals surface area contributed by atoms with Gasteiger partial charge in [0.05, 0.1) is 12.7 Å². The first kappa shape index (κ1) is 14.3. The molecule has 2 aromatic rings. The van der Waals surface area contributed by atoms with Gasteiger partial charge in [-0.15, -0.1) is 0 Å². The number of fused-ring (bicyclic) bond motifs is 1. The van der Waals surface area contributed by atoms with Crippen LogP contribution in [-0.4, -0.2) is 16.3 Å². The van der Waals surface area contributed by atoms with Crippen LogP contribution in [0.2, 0.25) is 0 Å². The van der Waals surface area contributed by atoms with Gasteiger partial charge in [0, 0.05) is 17.3 Å². The fourth-order valence-corrected chi connectivity index (χ4v) is 3.09. The lowest BCUT2D eigenvalue weighted by atomic mass is 9.93. The minimum atomic E-state index is -0.184. The topological polar surface area (TPSA) is 29.9 Å². The maximum atomic E-state index is 13.3. The number of benzene rings is 1. The number of nitrogens with zero attached hydrogens (tertiary/aromatic N) is 2. The van der Waals surface area contributed by atoms with Crippen molar-refractivity contribution in [3.05, 3.63) is 53.1 Å². The van der Waals surface area contributed by atoms with Crippen LogP contribution in [0.1, 0.15) is 49.0 Å². The van der Waals surface area contributed by atoms with E-state index >= 15 is 0 Å². The van der Waals surface area contributed by atoms with Crippen LogP contribution < -0.4 is 5.32 Å². The largest absolute Gasteiger partial charge is 0.310 e. The van der Waals surface area contributed by atoms with Gasteiger partial charge >= 0.3 is 0 Å². The molecule has 1 aromatic carbocycles. The summed E-state index contributed by atoms with van der Waals surface area (Å²) in [6.07, 6.45) is 6.56. The van der Waals surface area contributed by atoms with Gasteiger partial charge in [-0.05, 0) is 49.9 Å². The van der Waals surface area contributed by atoms with Gasteiger partial charge in [-0.1, -0.05) is 19.1 Å². The van der Waals surface area contributed by atoms with Crippen LogP contribution in [0.15, 0.2) is 30.5 Å². The summed E-state index contributed by atoms with van der Waals surface area (Å²) in [7, 11) is 0. The summed E-state index contributed by atoms with van der Waals surface area (Å²) in [5.74, 6) is -0.184. The Balaban J connectivity index is 1.80. The van der Waals surface area contributed by atoms with Gasteiger partial charge in [0.2, 0.25) is 0 Å². The van der Waals surface area contributed by atoms with E-state index in [0.29, 0.717) is 12.6 Å². The Labute approximate surface area is 125 Å². The first-order valence-electron chi connectivity index (χ1n) is 7.80. The molecule has 0 saturated carbocycles. The van der Waals surface area contributed by atoms with Crippen molar-refractivity contribution in [1.29, 1.82) is 0 Å². The van der Waals surface area contributed by atoms with E-state index in [-0.39, 0.29) is 5.82 Å². The predicted molar refractivity (Wildman–Crippen MR) is 81.7 cm³/mol. The van der Waals surface area contributed by atoms with Crippen LogP contribution >= 0.6 is 0 Å². The van der Waals surface area contributed by atoms with Crippen LogP contribution in [0.25, 0.3) is 0 Å². The van der Waals surface area contributed by atoms with Crippen molar-refractivity contribution in [1.82, 2.24) is 15.1 Å². The summed E-state index contributed by atoms with van der Waals surface area (Å²) in [4.78, 5) is 0. The van der Waals surface area contributed by atoms with Crippen LogP contribution in [0.4, 0.5) is 4.39 Å². The molecule has 1 atom stereocenters. The summed E-state index contributed by atoms with van der Waals surface area (Å²) in [5.41, 5.74) is 3.59. The van der Waals surface area contributed by atoms with Gasteiger partial charge in [0.15, 0.2) is 0 Å². The molecule has 0 aliphatic heterocycles. The van der Waals surface area contributed by atoms with E-state index in [9.17, 15) is 4.39 Å². The number of hydrogen-bond donors (Lipinski definition) is 1. The molecular weight excluding hydrogens is 265 g/mol. The first-order chi connectivity index (χ1) is 10.3. The molecule has 3 nitrogen and oxygen atoms in total. The third-order valence-corrected chi connectivity index (χ3v) is 4.12. The number of nitrogens with one attached hydrogen (secondary N) is 1. The zero-order valence-corrected chi connectivity index (χ0v) is 12.5. The summed E-state index contributed by atoms with van der Waals surface area (Å²) in [6, 6.07) is 7.20. The Morgan fingerprint density at radius 2 is 2.33 bits per heavy atom. The third-order valence-electron chi connectivity index (χ3n) is 4.12. The fourth-order valence-electron chi connectivity index (χ4n) is 3.09. The van der Waals surface area contributed by atoms with Crippen molar-refractivity contribution in [3.63, 3.8) is 0 Å². The Morgan fingerprint density at radius 1 is 1.43 bits per heavy atom. The molecule has 1 aliphatic rings. The molecule has 4 heteroatoms. The van der Waals surface area contributed by atoms with Gasteiger partial charge in [0.25, 0.3) is 0 Å². The molecule has 3 rings (SSSR count). The second-order valence-corrected chi connectivity index (χ2v) is 5.73.